The van der Waals surface area contributed by atoms with Crippen LogP contribution in [0.15, 0.2) is 17.5 Å². The molecule has 2 aromatic heterocycles. The van der Waals surface area contributed by atoms with E-state index < -0.39 is 18.1 Å². The predicted octanol–water partition coefficient (Wildman–Crippen LogP) is 0.408. The lowest BCUT2D eigenvalue weighted by atomic mass is 10.2. The van der Waals surface area contributed by atoms with Crippen LogP contribution in [0.25, 0.3) is 10.7 Å². The summed E-state index contributed by atoms with van der Waals surface area (Å²) in [5.74, 6) is -0.835. The van der Waals surface area contributed by atoms with Crippen molar-refractivity contribution in [3.05, 3.63) is 17.5 Å². The molecule has 0 aliphatic carbocycles. The molecule has 2 heterocycles. The normalized spacial score (nSPS) is 14.5. The second kappa shape index (κ2) is 4.60. The molecule has 8 heteroatoms. The van der Waals surface area contributed by atoms with Crippen LogP contribution in [-0.2, 0) is 4.79 Å². The van der Waals surface area contributed by atoms with Gasteiger partial charge in [-0.05, 0) is 28.8 Å². The van der Waals surface area contributed by atoms with Crippen LogP contribution < -0.4 is 0 Å². The van der Waals surface area contributed by atoms with Crippen LogP contribution in [0.2, 0.25) is 0 Å². The van der Waals surface area contributed by atoms with Crippen molar-refractivity contribution in [1.29, 1.82) is 0 Å². The van der Waals surface area contributed by atoms with E-state index in [2.05, 4.69) is 15.5 Å². The standard InChI is InChI=1S/C9H10N4O3S/c1-5(14)7(9(15)16)13-8(10-11-12-13)6-3-2-4-17-6/h2-5,7,14H,1H3,(H,15,16). The summed E-state index contributed by atoms with van der Waals surface area (Å²) in [6, 6.07) is 2.41. The quantitative estimate of drug-likeness (QED) is 0.819. The Labute approximate surface area is 100 Å². The highest BCUT2D eigenvalue weighted by molar-refractivity contribution is 7.13. The number of aliphatic hydroxyl groups excluding tert-OH is 1. The Balaban J connectivity index is 2.46. The molecule has 2 unspecified atom stereocenters. The minimum atomic E-state index is -1.19. The van der Waals surface area contributed by atoms with Crippen LogP contribution in [0.5, 0.6) is 0 Å². The summed E-state index contributed by atoms with van der Waals surface area (Å²) in [5, 5.41) is 31.3. The molecular weight excluding hydrogens is 244 g/mol. The van der Waals surface area contributed by atoms with Crippen LogP contribution in [0, 0.1) is 0 Å². The molecule has 90 valence electrons. The Morgan fingerprint density at radius 3 is 2.88 bits per heavy atom. The Hall–Kier alpha value is -1.80. The van der Waals surface area contributed by atoms with Crippen molar-refractivity contribution in [2.45, 2.75) is 19.1 Å². The van der Waals surface area contributed by atoms with Gasteiger partial charge < -0.3 is 10.2 Å². The van der Waals surface area contributed by atoms with E-state index in [9.17, 15) is 9.90 Å². The summed E-state index contributed by atoms with van der Waals surface area (Å²) in [4.78, 5) is 11.8. The van der Waals surface area contributed by atoms with Crippen molar-refractivity contribution in [1.82, 2.24) is 20.2 Å². The van der Waals surface area contributed by atoms with Gasteiger partial charge in [0.15, 0.2) is 11.9 Å². The van der Waals surface area contributed by atoms with Gasteiger partial charge in [0.25, 0.3) is 0 Å². The summed E-state index contributed by atoms with van der Waals surface area (Å²) in [6.45, 7) is 1.39. The smallest absolute Gasteiger partial charge is 0.331 e. The zero-order valence-corrected chi connectivity index (χ0v) is 9.70. The van der Waals surface area contributed by atoms with Gasteiger partial charge in [-0.3, -0.25) is 0 Å². The number of carboxylic acids is 1. The van der Waals surface area contributed by atoms with Crippen LogP contribution >= 0.6 is 11.3 Å². The maximum absolute atomic E-state index is 11.1. The van der Waals surface area contributed by atoms with E-state index in [-0.39, 0.29) is 0 Å². The summed E-state index contributed by atoms with van der Waals surface area (Å²) < 4.78 is 1.12. The van der Waals surface area contributed by atoms with Crippen LogP contribution in [0.1, 0.15) is 13.0 Å². The van der Waals surface area contributed by atoms with Crippen LogP contribution in [-0.4, -0.2) is 42.5 Å². The number of carbonyl (C=O) groups is 1. The largest absolute Gasteiger partial charge is 0.480 e. The topological polar surface area (TPSA) is 101 Å². The fraction of sp³-hybridized carbons (Fsp3) is 0.333. The molecule has 2 N–H and O–H groups in total. The van der Waals surface area contributed by atoms with Gasteiger partial charge >= 0.3 is 5.97 Å². The summed E-state index contributed by atoms with van der Waals surface area (Å²) in [7, 11) is 0. The van der Waals surface area contributed by atoms with Gasteiger partial charge in [-0.2, -0.15) is 0 Å². The molecule has 0 saturated heterocycles. The van der Waals surface area contributed by atoms with Gasteiger partial charge in [-0.1, -0.05) is 6.07 Å². The second-order valence-electron chi connectivity index (χ2n) is 3.45. The Morgan fingerprint density at radius 1 is 1.59 bits per heavy atom. The van der Waals surface area contributed by atoms with E-state index in [0.717, 1.165) is 9.56 Å². The van der Waals surface area contributed by atoms with Crippen LogP contribution in [0.3, 0.4) is 0 Å². The average Bonchev–Trinajstić information content (AvgIpc) is 2.84. The highest BCUT2D eigenvalue weighted by atomic mass is 32.1. The molecule has 17 heavy (non-hydrogen) atoms. The minimum absolute atomic E-state index is 0.341. The predicted molar refractivity (Wildman–Crippen MR) is 59.5 cm³/mol. The number of hydrogen-bond acceptors (Lipinski definition) is 6. The van der Waals surface area contributed by atoms with Gasteiger partial charge in [-0.15, -0.1) is 16.4 Å². The number of rotatable bonds is 4. The van der Waals surface area contributed by atoms with Gasteiger partial charge in [0, 0.05) is 0 Å². The third-order valence-corrected chi connectivity index (χ3v) is 3.07. The van der Waals surface area contributed by atoms with E-state index >= 15 is 0 Å². The highest BCUT2D eigenvalue weighted by Gasteiger charge is 2.29. The van der Waals surface area contributed by atoms with Crippen molar-refractivity contribution in [2.24, 2.45) is 0 Å². The molecule has 7 nitrogen and oxygen atoms in total. The molecule has 2 atom stereocenters. The SMILES string of the molecule is CC(O)C(C(=O)O)n1nnnc1-c1cccs1. The van der Waals surface area contributed by atoms with E-state index in [1.54, 1.807) is 6.07 Å². The molecule has 0 fully saturated rings. The Bertz CT molecular complexity index is 508. The molecule has 0 radical (unpaired) electrons. The lowest BCUT2D eigenvalue weighted by molar-refractivity contribution is -0.144. The number of aliphatic hydroxyl groups is 1. The molecule has 0 saturated carbocycles. The third-order valence-electron chi connectivity index (χ3n) is 2.21. The van der Waals surface area contributed by atoms with E-state index in [1.165, 1.54) is 18.3 Å². The zero-order valence-electron chi connectivity index (χ0n) is 8.89. The van der Waals surface area contributed by atoms with E-state index in [0.29, 0.717) is 5.82 Å². The highest BCUT2D eigenvalue weighted by Crippen LogP contribution is 2.25. The number of aliphatic carboxylic acids is 1. The minimum Gasteiger partial charge on any atom is -0.480 e. The molecule has 0 aliphatic heterocycles. The fourth-order valence-corrected chi connectivity index (χ4v) is 2.16. The first-order chi connectivity index (χ1) is 8.11. The summed E-state index contributed by atoms with van der Waals surface area (Å²) >= 11 is 1.40. The first kappa shape index (κ1) is 11.7. The molecule has 0 bridgehead atoms. The molecule has 2 aromatic rings. The van der Waals surface area contributed by atoms with Crippen molar-refractivity contribution in [2.75, 3.05) is 0 Å². The van der Waals surface area contributed by atoms with Gasteiger partial charge in [0.1, 0.15) is 0 Å². The molecular formula is C9H10N4O3S. The Morgan fingerprint density at radius 2 is 2.35 bits per heavy atom. The Kier molecular flexibility index (Phi) is 3.16. The van der Waals surface area contributed by atoms with Crippen molar-refractivity contribution >= 4 is 17.3 Å². The molecule has 2 rings (SSSR count). The van der Waals surface area contributed by atoms with Gasteiger partial charge in [0.2, 0.25) is 0 Å². The van der Waals surface area contributed by atoms with Crippen molar-refractivity contribution < 1.29 is 15.0 Å². The van der Waals surface area contributed by atoms with Crippen molar-refractivity contribution in [3.63, 3.8) is 0 Å². The van der Waals surface area contributed by atoms with Gasteiger partial charge in [0.05, 0.1) is 11.0 Å². The number of hydrogen-bond donors (Lipinski definition) is 2. The summed E-state index contributed by atoms with van der Waals surface area (Å²) in [6.07, 6.45) is -1.09. The van der Waals surface area contributed by atoms with Gasteiger partial charge in [-0.25, -0.2) is 9.48 Å². The second-order valence-corrected chi connectivity index (χ2v) is 4.40. The number of aromatic nitrogens is 4. The maximum Gasteiger partial charge on any atom is 0.331 e. The lowest BCUT2D eigenvalue weighted by Gasteiger charge is -2.15. The molecule has 0 aliphatic rings. The summed E-state index contributed by atoms with van der Waals surface area (Å²) in [5.41, 5.74) is 0. The third kappa shape index (κ3) is 2.17. The monoisotopic (exact) mass is 254 g/mol. The molecule has 0 aromatic carbocycles. The first-order valence-electron chi connectivity index (χ1n) is 4.84. The van der Waals surface area contributed by atoms with E-state index in [4.69, 9.17) is 5.11 Å². The molecule has 0 amide bonds. The number of nitrogens with zero attached hydrogens (tertiary/aromatic N) is 4. The van der Waals surface area contributed by atoms with Crippen molar-refractivity contribution in [3.8, 4) is 10.7 Å². The molecule has 0 spiro atoms. The first-order valence-corrected chi connectivity index (χ1v) is 5.72. The zero-order chi connectivity index (χ0) is 12.4. The fourth-order valence-electron chi connectivity index (χ4n) is 1.46. The number of tetrazole rings is 1. The van der Waals surface area contributed by atoms with Crippen LogP contribution in [0.4, 0.5) is 0 Å². The number of carboxylic acid groups (broad SMARTS) is 1. The van der Waals surface area contributed by atoms with E-state index in [1.807, 2.05) is 11.4 Å². The average molecular weight is 254 g/mol. The lowest BCUT2D eigenvalue weighted by Crippen LogP contribution is -2.30. The maximum atomic E-state index is 11.1. The number of thiophene rings is 1.